The third-order valence-corrected chi connectivity index (χ3v) is 4.58. The van der Waals surface area contributed by atoms with Gasteiger partial charge in [0.05, 0.1) is 18.9 Å². The first-order valence-corrected chi connectivity index (χ1v) is 9.06. The SMILES string of the molecule is CCCOc1ccc(N)c(C(=N)c2ccnc(N3CCN(C)C(=O)C3)c2)c1. The van der Waals surface area contributed by atoms with Crippen LogP contribution in [-0.4, -0.2) is 54.8 Å². The average Bonchev–Trinajstić information content (AvgIpc) is 2.69. The number of likely N-dealkylation sites (N-methyl/N-ethyl adjacent to an activating group) is 1. The van der Waals surface area contributed by atoms with E-state index in [4.69, 9.17) is 15.9 Å². The molecule has 7 nitrogen and oxygen atoms in total. The number of aromatic nitrogens is 1. The number of piperazine rings is 1. The molecule has 0 spiro atoms. The third kappa shape index (κ3) is 4.19. The molecular formula is C20H25N5O2. The lowest BCUT2D eigenvalue weighted by Crippen LogP contribution is -2.48. The normalized spacial score (nSPS) is 14.4. The number of nitrogen functional groups attached to an aromatic ring is 1. The van der Waals surface area contributed by atoms with Crippen LogP contribution < -0.4 is 15.4 Å². The van der Waals surface area contributed by atoms with Crippen LogP contribution in [0, 0.1) is 5.41 Å². The summed E-state index contributed by atoms with van der Waals surface area (Å²) >= 11 is 0. The summed E-state index contributed by atoms with van der Waals surface area (Å²) in [6.07, 6.45) is 2.57. The Balaban J connectivity index is 1.84. The molecule has 1 aliphatic rings. The number of pyridine rings is 1. The number of nitrogens with two attached hydrogens (primary N) is 1. The van der Waals surface area contributed by atoms with Gasteiger partial charge in [-0.2, -0.15) is 0 Å². The number of amides is 1. The highest BCUT2D eigenvalue weighted by atomic mass is 16.5. The quantitative estimate of drug-likeness (QED) is 0.602. The number of carbonyl (C=O) groups excluding carboxylic acids is 1. The molecule has 1 aromatic heterocycles. The first-order chi connectivity index (χ1) is 13.0. The van der Waals surface area contributed by atoms with E-state index in [1.165, 1.54) is 0 Å². The molecule has 2 heterocycles. The predicted molar refractivity (Wildman–Crippen MR) is 107 cm³/mol. The molecule has 0 aliphatic carbocycles. The monoisotopic (exact) mass is 367 g/mol. The Morgan fingerprint density at radius 2 is 2.11 bits per heavy atom. The molecule has 1 saturated heterocycles. The minimum atomic E-state index is 0.0635. The number of nitrogens with one attached hydrogen (secondary N) is 1. The molecule has 1 aromatic carbocycles. The lowest BCUT2D eigenvalue weighted by Gasteiger charge is -2.32. The summed E-state index contributed by atoms with van der Waals surface area (Å²) in [5, 5.41) is 8.61. The van der Waals surface area contributed by atoms with Gasteiger partial charge in [0.1, 0.15) is 11.6 Å². The summed E-state index contributed by atoms with van der Waals surface area (Å²) in [5.74, 6) is 1.45. The molecule has 3 rings (SSSR count). The van der Waals surface area contributed by atoms with E-state index >= 15 is 0 Å². The van der Waals surface area contributed by atoms with E-state index in [1.54, 1.807) is 36.3 Å². The number of rotatable bonds is 6. The fourth-order valence-corrected chi connectivity index (χ4v) is 2.92. The maximum absolute atomic E-state index is 12.0. The van der Waals surface area contributed by atoms with Gasteiger partial charge in [-0.1, -0.05) is 6.92 Å². The van der Waals surface area contributed by atoms with Crippen LogP contribution in [0.5, 0.6) is 5.75 Å². The van der Waals surface area contributed by atoms with Gasteiger partial charge in [-0.15, -0.1) is 0 Å². The number of carbonyl (C=O) groups is 1. The number of benzene rings is 1. The van der Waals surface area contributed by atoms with E-state index in [0.29, 0.717) is 60.3 Å². The number of nitrogens with zero attached hydrogens (tertiary/aromatic N) is 3. The molecule has 1 amide bonds. The van der Waals surface area contributed by atoms with Gasteiger partial charge >= 0.3 is 0 Å². The van der Waals surface area contributed by atoms with Crippen molar-refractivity contribution in [3.63, 3.8) is 0 Å². The molecular weight excluding hydrogens is 342 g/mol. The maximum atomic E-state index is 12.0. The van der Waals surface area contributed by atoms with Crippen molar-refractivity contribution in [3.05, 3.63) is 47.7 Å². The molecule has 0 radical (unpaired) electrons. The maximum Gasteiger partial charge on any atom is 0.241 e. The zero-order valence-corrected chi connectivity index (χ0v) is 15.7. The minimum absolute atomic E-state index is 0.0635. The van der Waals surface area contributed by atoms with Crippen LogP contribution in [0.15, 0.2) is 36.5 Å². The van der Waals surface area contributed by atoms with Crippen LogP contribution in [0.25, 0.3) is 0 Å². The summed E-state index contributed by atoms with van der Waals surface area (Å²) in [5.41, 5.74) is 8.25. The van der Waals surface area contributed by atoms with E-state index < -0.39 is 0 Å². The summed E-state index contributed by atoms with van der Waals surface area (Å²) in [4.78, 5) is 20.0. The first-order valence-electron chi connectivity index (χ1n) is 9.06. The van der Waals surface area contributed by atoms with Gasteiger partial charge in [0.25, 0.3) is 0 Å². The highest BCUT2D eigenvalue weighted by molar-refractivity contribution is 6.14. The number of ether oxygens (including phenoxy) is 1. The Kier molecular flexibility index (Phi) is 5.59. The number of anilines is 2. The van der Waals surface area contributed by atoms with E-state index in [0.717, 1.165) is 6.42 Å². The summed E-state index contributed by atoms with van der Waals surface area (Å²) in [7, 11) is 1.80. The summed E-state index contributed by atoms with van der Waals surface area (Å²) in [6, 6.07) is 8.99. The summed E-state index contributed by atoms with van der Waals surface area (Å²) < 4.78 is 5.66. The van der Waals surface area contributed by atoms with Crippen molar-refractivity contribution in [2.75, 3.05) is 43.9 Å². The van der Waals surface area contributed by atoms with Crippen molar-refractivity contribution < 1.29 is 9.53 Å². The second kappa shape index (κ2) is 8.07. The van der Waals surface area contributed by atoms with Crippen molar-refractivity contribution in [2.24, 2.45) is 0 Å². The molecule has 2 aromatic rings. The van der Waals surface area contributed by atoms with E-state index in [9.17, 15) is 4.79 Å². The van der Waals surface area contributed by atoms with Crippen molar-refractivity contribution in [1.29, 1.82) is 5.41 Å². The highest BCUT2D eigenvalue weighted by Gasteiger charge is 2.22. The van der Waals surface area contributed by atoms with E-state index in [-0.39, 0.29) is 5.91 Å². The van der Waals surface area contributed by atoms with Crippen LogP contribution in [0.4, 0.5) is 11.5 Å². The van der Waals surface area contributed by atoms with Crippen LogP contribution in [0.1, 0.15) is 24.5 Å². The lowest BCUT2D eigenvalue weighted by molar-refractivity contribution is -0.129. The number of hydrogen-bond donors (Lipinski definition) is 2. The van der Waals surface area contributed by atoms with Gasteiger partial charge < -0.3 is 20.3 Å². The molecule has 142 valence electrons. The van der Waals surface area contributed by atoms with Crippen molar-refractivity contribution >= 4 is 23.1 Å². The Labute approximate surface area is 159 Å². The zero-order valence-electron chi connectivity index (χ0n) is 15.7. The van der Waals surface area contributed by atoms with Crippen LogP contribution in [0.3, 0.4) is 0 Å². The van der Waals surface area contributed by atoms with E-state index in [1.807, 2.05) is 24.0 Å². The Hall–Kier alpha value is -3.09. The third-order valence-electron chi connectivity index (χ3n) is 4.58. The molecule has 0 bridgehead atoms. The highest BCUT2D eigenvalue weighted by Crippen LogP contribution is 2.24. The van der Waals surface area contributed by atoms with Gasteiger partial charge in [0.15, 0.2) is 0 Å². The minimum Gasteiger partial charge on any atom is -0.494 e. The molecule has 7 heteroatoms. The van der Waals surface area contributed by atoms with Gasteiger partial charge in [-0.05, 0) is 36.8 Å². The van der Waals surface area contributed by atoms with Gasteiger partial charge in [-0.25, -0.2) is 4.98 Å². The van der Waals surface area contributed by atoms with Crippen molar-refractivity contribution in [3.8, 4) is 5.75 Å². The van der Waals surface area contributed by atoms with Crippen molar-refractivity contribution in [1.82, 2.24) is 9.88 Å². The molecule has 1 aliphatic heterocycles. The largest absolute Gasteiger partial charge is 0.494 e. The molecule has 0 unspecified atom stereocenters. The Morgan fingerprint density at radius 1 is 1.30 bits per heavy atom. The first kappa shape index (κ1) is 18.7. The molecule has 1 fully saturated rings. The average molecular weight is 367 g/mol. The summed E-state index contributed by atoms with van der Waals surface area (Å²) in [6.45, 7) is 4.33. The van der Waals surface area contributed by atoms with Crippen LogP contribution in [-0.2, 0) is 4.79 Å². The van der Waals surface area contributed by atoms with Gasteiger partial charge in [0, 0.05) is 43.1 Å². The molecule has 0 atom stereocenters. The smallest absolute Gasteiger partial charge is 0.241 e. The van der Waals surface area contributed by atoms with Crippen molar-refractivity contribution in [2.45, 2.75) is 13.3 Å². The second-order valence-electron chi connectivity index (χ2n) is 6.61. The van der Waals surface area contributed by atoms with Crippen LogP contribution in [0.2, 0.25) is 0 Å². The standard InChI is InChI=1S/C20H25N5O2/c1-3-10-27-15-4-5-17(21)16(12-15)20(22)14-6-7-23-18(11-14)25-9-8-24(2)19(26)13-25/h4-7,11-12,22H,3,8-10,13,21H2,1-2H3. The number of hydrogen-bond acceptors (Lipinski definition) is 6. The molecule has 0 saturated carbocycles. The van der Waals surface area contributed by atoms with Gasteiger partial charge in [0.2, 0.25) is 5.91 Å². The van der Waals surface area contributed by atoms with E-state index in [2.05, 4.69) is 4.98 Å². The molecule has 3 N–H and O–H groups in total. The zero-order chi connectivity index (χ0) is 19.4. The van der Waals surface area contributed by atoms with Crippen LogP contribution >= 0.6 is 0 Å². The fourth-order valence-electron chi connectivity index (χ4n) is 2.92. The topological polar surface area (TPSA) is 95.5 Å². The Morgan fingerprint density at radius 3 is 2.85 bits per heavy atom. The van der Waals surface area contributed by atoms with Gasteiger partial charge in [-0.3, -0.25) is 10.2 Å². The molecule has 27 heavy (non-hydrogen) atoms. The fraction of sp³-hybridized carbons (Fsp3) is 0.350. The predicted octanol–water partition coefficient (Wildman–Crippen LogP) is 2.15. The lowest BCUT2D eigenvalue weighted by atomic mass is 10.0. The Bertz CT molecular complexity index is 852. The second-order valence-corrected chi connectivity index (χ2v) is 6.61.